The molecule has 5 nitrogen and oxygen atoms in total. The largest absolute Gasteiger partial charge is 0.350 e. The third kappa shape index (κ3) is 4.85. The van der Waals surface area contributed by atoms with Crippen molar-refractivity contribution in [2.75, 3.05) is 11.9 Å². The van der Waals surface area contributed by atoms with Crippen LogP contribution in [-0.2, 0) is 6.42 Å². The Bertz CT molecular complexity index is 1010. The second kappa shape index (κ2) is 8.51. The minimum atomic E-state index is -1.01. The molecule has 28 heavy (non-hydrogen) atoms. The van der Waals surface area contributed by atoms with Gasteiger partial charge in [0.15, 0.2) is 11.6 Å². The lowest BCUT2D eigenvalue weighted by Crippen LogP contribution is -2.27. The van der Waals surface area contributed by atoms with E-state index in [-0.39, 0.29) is 29.7 Å². The summed E-state index contributed by atoms with van der Waals surface area (Å²) in [6, 6.07) is 11.1. The number of halogens is 3. The van der Waals surface area contributed by atoms with Crippen molar-refractivity contribution in [3.63, 3.8) is 0 Å². The van der Waals surface area contributed by atoms with E-state index in [1.54, 1.807) is 25.1 Å². The zero-order chi connectivity index (χ0) is 20.1. The zero-order valence-corrected chi connectivity index (χ0v) is 15.0. The Morgan fingerprint density at radius 3 is 2.50 bits per heavy atom. The van der Waals surface area contributed by atoms with Gasteiger partial charge in [0.25, 0.3) is 5.91 Å². The Balaban J connectivity index is 1.67. The minimum Gasteiger partial charge on any atom is -0.350 e. The Morgan fingerprint density at radius 1 is 0.964 bits per heavy atom. The van der Waals surface area contributed by atoms with Crippen molar-refractivity contribution in [3.8, 4) is 0 Å². The Morgan fingerprint density at radius 2 is 1.75 bits per heavy atom. The molecule has 0 saturated heterocycles. The number of carbonyl (C=O) groups is 1. The lowest BCUT2D eigenvalue weighted by molar-refractivity contribution is 0.0949. The van der Waals surface area contributed by atoms with Crippen LogP contribution in [0.15, 0.2) is 48.5 Å². The maximum atomic E-state index is 13.6. The van der Waals surface area contributed by atoms with Gasteiger partial charge in [-0.3, -0.25) is 4.79 Å². The molecule has 0 aliphatic heterocycles. The molecule has 0 atom stereocenters. The molecule has 2 N–H and O–H groups in total. The fourth-order valence-electron chi connectivity index (χ4n) is 2.55. The van der Waals surface area contributed by atoms with E-state index in [2.05, 4.69) is 20.6 Å². The van der Waals surface area contributed by atoms with Crippen LogP contribution in [0.5, 0.6) is 0 Å². The number of amides is 1. The molecule has 0 spiro atoms. The van der Waals surface area contributed by atoms with E-state index < -0.39 is 17.5 Å². The van der Waals surface area contributed by atoms with Crippen LogP contribution in [0.1, 0.15) is 21.7 Å². The molecule has 0 radical (unpaired) electrons. The standard InChI is InChI=1S/C20H17F3N4O/c1-12-10-18(19(28)24-9-8-13-4-2-3-5-15(13)21)27-20(25-12)26-14-6-7-16(22)17(23)11-14/h2-7,10-11H,8-9H2,1H3,(H,24,28)(H,25,26,27). The second-order valence-electron chi connectivity index (χ2n) is 6.07. The maximum absolute atomic E-state index is 13.6. The average Bonchev–Trinajstić information content (AvgIpc) is 2.66. The lowest BCUT2D eigenvalue weighted by Gasteiger charge is -2.09. The summed E-state index contributed by atoms with van der Waals surface area (Å²) < 4.78 is 40.0. The number of hydrogen-bond acceptors (Lipinski definition) is 4. The van der Waals surface area contributed by atoms with E-state index in [1.165, 1.54) is 18.2 Å². The molecule has 3 rings (SSSR count). The van der Waals surface area contributed by atoms with E-state index in [0.29, 0.717) is 17.7 Å². The van der Waals surface area contributed by atoms with Gasteiger partial charge in [-0.1, -0.05) is 18.2 Å². The molecular formula is C20H17F3N4O. The number of benzene rings is 2. The predicted molar refractivity (Wildman–Crippen MR) is 98.8 cm³/mol. The lowest BCUT2D eigenvalue weighted by atomic mass is 10.1. The van der Waals surface area contributed by atoms with Crippen molar-refractivity contribution in [2.45, 2.75) is 13.3 Å². The van der Waals surface area contributed by atoms with Crippen LogP contribution in [0.25, 0.3) is 0 Å². The van der Waals surface area contributed by atoms with Gasteiger partial charge in [0, 0.05) is 24.0 Å². The van der Waals surface area contributed by atoms with E-state index in [9.17, 15) is 18.0 Å². The SMILES string of the molecule is Cc1cc(C(=O)NCCc2ccccc2F)nc(Nc2ccc(F)c(F)c2)n1. The first-order valence-corrected chi connectivity index (χ1v) is 8.52. The van der Waals surface area contributed by atoms with Crippen molar-refractivity contribution in [1.29, 1.82) is 0 Å². The summed E-state index contributed by atoms with van der Waals surface area (Å²) in [5, 5.41) is 5.42. The van der Waals surface area contributed by atoms with Gasteiger partial charge < -0.3 is 10.6 Å². The van der Waals surface area contributed by atoms with Crippen molar-refractivity contribution in [2.24, 2.45) is 0 Å². The number of nitrogens with zero attached hydrogens (tertiary/aromatic N) is 2. The summed E-state index contributed by atoms with van der Waals surface area (Å²) in [6.45, 7) is 1.91. The first-order valence-electron chi connectivity index (χ1n) is 8.52. The normalized spacial score (nSPS) is 10.6. The quantitative estimate of drug-likeness (QED) is 0.674. The molecule has 1 amide bonds. The monoisotopic (exact) mass is 386 g/mol. The highest BCUT2D eigenvalue weighted by Gasteiger charge is 2.12. The molecule has 144 valence electrons. The van der Waals surface area contributed by atoms with Gasteiger partial charge in [-0.2, -0.15) is 0 Å². The number of carbonyl (C=O) groups excluding carboxylic acids is 1. The number of aryl methyl sites for hydroxylation is 1. The summed E-state index contributed by atoms with van der Waals surface area (Å²) in [6.07, 6.45) is 0.336. The smallest absolute Gasteiger partial charge is 0.270 e. The maximum Gasteiger partial charge on any atom is 0.270 e. The van der Waals surface area contributed by atoms with Crippen LogP contribution >= 0.6 is 0 Å². The Kier molecular flexibility index (Phi) is 5.88. The Hall–Kier alpha value is -3.42. The minimum absolute atomic E-state index is 0.0743. The summed E-state index contributed by atoms with van der Waals surface area (Å²) >= 11 is 0. The van der Waals surface area contributed by atoms with Gasteiger partial charge in [-0.25, -0.2) is 23.1 Å². The molecule has 0 aliphatic rings. The van der Waals surface area contributed by atoms with Gasteiger partial charge in [0.2, 0.25) is 5.95 Å². The highest BCUT2D eigenvalue weighted by atomic mass is 19.2. The molecule has 2 aromatic carbocycles. The van der Waals surface area contributed by atoms with Crippen molar-refractivity contribution in [1.82, 2.24) is 15.3 Å². The van der Waals surface area contributed by atoms with Crippen LogP contribution < -0.4 is 10.6 Å². The summed E-state index contributed by atoms with van der Waals surface area (Å²) in [7, 11) is 0. The van der Waals surface area contributed by atoms with Crippen LogP contribution in [0, 0.1) is 24.4 Å². The molecular weight excluding hydrogens is 369 g/mol. The van der Waals surface area contributed by atoms with Crippen LogP contribution in [-0.4, -0.2) is 22.4 Å². The molecule has 1 aromatic heterocycles. The average molecular weight is 386 g/mol. The third-order valence-electron chi connectivity index (χ3n) is 3.90. The number of nitrogens with one attached hydrogen (secondary N) is 2. The highest BCUT2D eigenvalue weighted by molar-refractivity contribution is 5.92. The first kappa shape index (κ1) is 19.3. The number of rotatable bonds is 6. The topological polar surface area (TPSA) is 66.9 Å². The highest BCUT2D eigenvalue weighted by Crippen LogP contribution is 2.17. The van der Waals surface area contributed by atoms with Gasteiger partial charge in [0.05, 0.1) is 0 Å². The van der Waals surface area contributed by atoms with Crippen LogP contribution in [0.4, 0.5) is 24.8 Å². The predicted octanol–water partition coefficient (Wildman–Crippen LogP) is 3.92. The van der Waals surface area contributed by atoms with Gasteiger partial charge in [-0.05, 0) is 43.2 Å². The fourth-order valence-corrected chi connectivity index (χ4v) is 2.55. The van der Waals surface area contributed by atoms with Crippen LogP contribution in [0.2, 0.25) is 0 Å². The second-order valence-corrected chi connectivity index (χ2v) is 6.07. The number of hydrogen-bond donors (Lipinski definition) is 2. The summed E-state index contributed by atoms with van der Waals surface area (Å²) in [5.74, 6) is -2.68. The van der Waals surface area contributed by atoms with Crippen LogP contribution in [0.3, 0.4) is 0 Å². The van der Waals surface area contributed by atoms with Crippen molar-refractivity contribution in [3.05, 3.63) is 82.9 Å². The molecule has 0 saturated carbocycles. The van der Waals surface area contributed by atoms with E-state index >= 15 is 0 Å². The molecule has 1 heterocycles. The summed E-state index contributed by atoms with van der Waals surface area (Å²) in [4.78, 5) is 20.6. The molecule has 0 fully saturated rings. The van der Waals surface area contributed by atoms with Gasteiger partial charge >= 0.3 is 0 Å². The molecule has 0 aliphatic carbocycles. The molecule has 0 unspecified atom stereocenters. The molecule has 8 heteroatoms. The number of aromatic nitrogens is 2. The third-order valence-corrected chi connectivity index (χ3v) is 3.90. The van der Waals surface area contributed by atoms with E-state index in [1.807, 2.05) is 0 Å². The molecule has 3 aromatic rings. The fraction of sp³-hybridized carbons (Fsp3) is 0.150. The number of anilines is 2. The van der Waals surface area contributed by atoms with Gasteiger partial charge in [-0.15, -0.1) is 0 Å². The van der Waals surface area contributed by atoms with E-state index in [0.717, 1.165) is 12.1 Å². The zero-order valence-electron chi connectivity index (χ0n) is 15.0. The van der Waals surface area contributed by atoms with Crippen molar-refractivity contribution < 1.29 is 18.0 Å². The summed E-state index contributed by atoms with van der Waals surface area (Å²) in [5.41, 5.74) is 1.36. The van der Waals surface area contributed by atoms with Gasteiger partial charge in [0.1, 0.15) is 11.5 Å². The molecule has 0 bridgehead atoms. The van der Waals surface area contributed by atoms with E-state index in [4.69, 9.17) is 0 Å². The Labute approximate surface area is 159 Å². The van der Waals surface area contributed by atoms with Crippen molar-refractivity contribution >= 4 is 17.5 Å². The first-order chi connectivity index (χ1) is 13.4.